The van der Waals surface area contributed by atoms with Crippen molar-refractivity contribution >= 4 is 39.1 Å². The second kappa shape index (κ2) is 5.75. The molecule has 0 amide bonds. The van der Waals surface area contributed by atoms with Crippen LogP contribution < -0.4 is 4.74 Å². The average Bonchev–Trinajstić information content (AvgIpc) is 2.89. The molecule has 0 bridgehead atoms. The Morgan fingerprint density at radius 2 is 1.86 bits per heavy atom. The molecule has 0 radical (unpaired) electrons. The molecular formula is C15H9BrCl2F2O. The van der Waals surface area contributed by atoms with Crippen molar-refractivity contribution in [3.05, 3.63) is 62.1 Å². The number of alkyl halides is 1. The van der Waals surface area contributed by atoms with Crippen LogP contribution in [0.1, 0.15) is 22.1 Å². The second-order valence-electron chi connectivity index (χ2n) is 4.73. The molecule has 110 valence electrons. The van der Waals surface area contributed by atoms with Gasteiger partial charge in [0.15, 0.2) is 0 Å². The molecule has 0 spiro atoms. The molecule has 2 aromatic rings. The van der Waals surface area contributed by atoms with Crippen molar-refractivity contribution in [2.45, 2.75) is 11.8 Å². The van der Waals surface area contributed by atoms with Crippen LogP contribution in [0.4, 0.5) is 8.78 Å². The Balaban J connectivity index is 2.11. The molecule has 0 saturated carbocycles. The van der Waals surface area contributed by atoms with Gasteiger partial charge in [0.1, 0.15) is 17.4 Å². The smallest absolute Gasteiger partial charge is 0.142 e. The predicted molar refractivity (Wildman–Crippen MR) is 82.4 cm³/mol. The third-order valence-electron chi connectivity index (χ3n) is 3.36. The molecule has 0 saturated heterocycles. The number of hydrogen-bond acceptors (Lipinski definition) is 1. The van der Waals surface area contributed by atoms with Gasteiger partial charge < -0.3 is 4.74 Å². The van der Waals surface area contributed by atoms with E-state index in [1.54, 1.807) is 6.07 Å². The molecule has 0 fully saturated rings. The van der Waals surface area contributed by atoms with Crippen molar-refractivity contribution in [1.82, 2.24) is 0 Å². The fraction of sp³-hybridized carbons (Fsp3) is 0.200. The molecule has 1 atom stereocenters. The molecule has 1 aliphatic heterocycles. The minimum absolute atomic E-state index is 0.0365. The van der Waals surface area contributed by atoms with Crippen molar-refractivity contribution in [2.75, 3.05) is 6.61 Å². The van der Waals surface area contributed by atoms with Crippen LogP contribution in [0.15, 0.2) is 28.7 Å². The molecule has 0 aromatic heterocycles. The zero-order chi connectivity index (χ0) is 15.1. The molecule has 1 aliphatic rings. The Hall–Kier alpha value is -0.840. The highest BCUT2D eigenvalue weighted by Gasteiger charge is 2.25. The monoisotopic (exact) mass is 392 g/mol. The van der Waals surface area contributed by atoms with Crippen LogP contribution >= 0.6 is 39.1 Å². The fourth-order valence-corrected chi connectivity index (χ4v) is 3.39. The summed E-state index contributed by atoms with van der Waals surface area (Å²) in [5, 5.41) is -1.13. The number of rotatable bonds is 2. The summed E-state index contributed by atoms with van der Waals surface area (Å²) in [6.45, 7) is 0.555. The number of hydrogen-bond donors (Lipinski definition) is 0. The summed E-state index contributed by atoms with van der Waals surface area (Å²) in [6, 6.07) is 5.65. The predicted octanol–water partition coefficient (Wildman–Crippen LogP) is 5.64. The lowest BCUT2D eigenvalue weighted by Crippen LogP contribution is -2.01. The van der Waals surface area contributed by atoms with E-state index < -0.39 is 17.0 Å². The Bertz CT molecular complexity index is 721. The Labute approximate surface area is 138 Å². The topological polar surface area (TPSA) is 9.23 Å². The maximum absolute atomic E-state index is 14.0. The van der Waals surface area contributed by atoms with Crippen molar-refractivity contribution in [2.24, 2.45) is 0 Å². The van der Waals surface area contributed by atoms with Gasteiger partial charge in [-0.2, -0.15) is 0 Å². The summed E-state index contributed by atoms with van der Waals surface area (Å²) >= 11 is 15.3. The van der Waals surface area contributed by atoms with Gasteiger partial charge in [-0.3, -0.25) is 0 Å². The van der Waals surface area contributed by atoms with E-state index in [1.165, 1.54) is 0 Å². The van der Waals surface area contributed by atoms with Gasteiger partial charge in [0.25, 0.3) is 0 Å². The lowest BCUT2D eigenvalue weighted by Gasteiger charge is -2.16. The first-order chi connectivity index (χ1) is 9.97. The Morgan fingerprint density at radius 3 is 2.62 bits per heavy atom. The van der Waals surface area contributed by atoms with E-state index in [2.05, 4.69) is 15.9 Å². The molecule has 1 heterocycles. The van der Waals surface area contributed by atoms with Gasteiger partial charge in [0, 0.05) is 22.0 Å². The van der Waals surface area contributed by atoms with Gasteiger partial charge >= 0.3 is 0 Å². The van der Waals surface area contributed by atoms with Gasteiger partial charge in [-0.15, -0.1) is 11.6 Å². The Morgan fingerprint density at radius 1 is 1.10 bits per heavy atom. The van der Waals surface area contributed by atoms with Crippen LogP contribution in [0.5, 0.6) is 5.75 Å². The molecule has 1 unspecified atom stereocenters. The zero-order valence-electron chi connectivity index (χ0n) is 10.6. The van der Waals surface area contributed by atoms with E-state index in [9.17, 15) is 8.78 Å². The lowest BCUT2D eigenvalue weighted by atomic mass is 10.00. The standard InChI is InChI=1S/C15H9BrCl2F2O/c16-8-3-7-1-2-21-15(7)10(4-8)14(18)9-5-13(20)11(17)6-12(9)19/h3-6,14H,1-2H2. The van der Waals surface area contributed by atoms with Crippen LogP contribution in [-0.4, -0.2) is 6.61 Å². The zero-order valence-corrected chi connectivity index (χ0v) is 13.7. The van der Waals surface area contributed by atoms with Crippen LogP contribution in [-0.2, 0) is 6.42 Å². The molecule has 21 heavy (non-hydrogen) atoms. The summed E-state index contributed by atoms with van der Waals surface area (Å²) < 4.78 is 34.0. The maximum Gasteiger partial charge on any atom is 0.142 e. The fourth-order valence-electron chi connectivity index (χ4n) is 2.39. The van der Waals surface area contributed by atoms with E-state index >= 15 is 0 Å². The summed E-state index contributed by atoms with van der Waals surface area (Å²) in [4.78, 5) is 0. The van der Waals surface area contributed by atoms with Crippen molar-refractivity contribution in [3.8, 4) is 5.75 Å². The summed E-state index contributed by atoms with van der Waals surface area (Å²) in [5.74, 6) is -0.702. The molecule has 0 aliphatic carbocycles. The van der Waals surface area contributed by atoms with Crippen LogP contribution in [0.2, 0.25) is 5.02 Å². The minimum atomic E-state index is -0.860. The minimum Gasteiger partial charge on any atom is -0.493 e. The SMILES string of the molecule is Fc1cc(C(Cl)c2cc(Br)cc3c2OCC3)c(F)cc1Cl. The van der Waals surface area contributed by atoms with Gasteiger partial charge in [0.2, 0.25) is 0 Å². The largest absolute Gasteiger partial charge is 0.493 e. The van der Waals surface area contributed by atoms with Gasteiger partial charge in [-0.25, -0.2) is 8.78 Å². The molecule has 3 rings (SSSR count). The average molecular weight is 394 g/mol. The lowest BCUT2D eigenvalue weighted by molar-refractivity contribution is 0.353. The molecule has 1 nitrogen and oxygen atoms in total. The first kappa shape index (κ1) is 15.1. The quantitative estimate of drug-likeness (QED) is 0.473. The van der Waals surface area contributed by atoms with E-state index in [0.29, 0.717) is 17.9 Å². The van der Waals surface area contributed by atoms with Crippen LogP contribution in [0, 0.1) is 11.6 Å². The van der Waals surface area contributed by atoms with E-state index in [-0.39, 0.29) is 10.6 Å². The molecular weight excluding hydrogens is 385 g/mol. The highest BCUT2D eigenvalue weighted by atomic mass is 79.9. The number of ether oxygens (including phenoxy) is 1. The van der Waals surface area contributed by atoms with Crippen molar-refractivity contribution in [3.63, 3.8) is 0 Å². The third-order valence-corrected chi connectivity index (χ3v) is 4.58. The van der Waals surface area contributed by atoms with E-state index in [1.807, 2.05) is 6.07 Å². The number of halogens is 5. The first-order valence-electron chi connectivity index (χ1n) is 6.21. The Kier molecular flexibility index (Phi) is 4.12. The highest BCUT2D eigenvalue weighted by Crippen LogP contribution is 2.42. The second-order valence-corrected chi connectivity index (χ2v) is 6.49. The molecule has 0 N–H and O–H groups in total. The molecule has 6 heteroatoms. The summed E-state index contributed by atoms with van der Waals surface area (Å²) in [6.07, 6.45) is 0.767. The maximum atomic E-state index is 14.0. The first-order valence-corrected chi connectivity index (χ1v) is 7.81. The number of benzene rings is 2. The van der Waals surface area contributed by atoms with Crippen LogP contribution in [0.25, 0.3) is 0 Å². The normalized spacial score (nSPS) is 14.7. The van der Waals surface area contributed by atoms with Crippen LogP contribution in [0.3, 0.4) is 0 Å². The van der Waals surface area contributed by atoms with Crippen molar-refractivity contribution < 1.29 is 13.5 Å². The van der Waals surface area contributed by atoms with Crippen molar-refractivity contribution in [1.29, 1.82) is 0 Å². The van der Waals surface area contributed by atoms with E-state index in [4.69, 9.17) is 27.9 Å². The van der Waals surface area contributed by atoms with E-state index in [0.717, 1.165) is 28.6 Å². The highest BCUT2D eigenvalue weighted by molar-refractivity contribution is 9.10. The summed E-state index contributed by atoms with van der Waals surface area (Å²) in [5.41, 5.74) is 1.65. The molecule has 2 aromatic carbocycles. The number of fused-ring (bicyclic) bond motifs is 1. The van der Waals surface area contributed by atoms with Gasteiger partial charge in [-0.1, -0.05) is 27.5 Å². The van der Waals surface area contributed by atoms with Gasteiger partial charge in [-0.05, 0) is 29.8 Å². The summed E-state index contributed by atoms with van der Waals surface area (Å²) in [7, 11) is 0. The third kappa shape index (κ3) is 2.77. The van der Waals surface area contributed by atoms with Gasteiger partial charge in [0.05, 0.1) is 17.0 Å².